The largest absolute Gasteiger partial charge is 0.488 e. The molecule has 2 heterocycles. The zero-order valence-corrected chi connectivity index (χ0v) is 13.7. The molecule has 7 heteroatoms. The average Bonchev–Trinajstić information content (AvgIpc) is 2.87. The molecule has 122 valence electrons. The van der Waals surface area contributed by atoms with Crippen LogP contribution in [0.1, 0.15) is 19.4 Å². The minimum atomic E-state index is -3.50. The van der Waals surface area contributed by atoms with Crippen molar-refractivity contribution in [1.82, 2.24) is 9.03 Å². The number of benzene rings is 1. The van der Waals surface area contributed by atoms with Crippen molar-refractivity contribution < 1.29 is 17.9 Å². The Morgan fingerprint density at radius 2 is 1.91 bits per heavy atom. The Bertz CT molecular complexity index is 599. The molecule has 3 rings (SSSR count). The molecule has 1 fully saturated rings. The van der Waals surface area contributed by atoms with Gasteiger partial charge in [-0.25, -0.2) is 0 Å². The lowest BCUT2D eigenvalue weighted by Crippen LogP contribution is -2.53. The quantitative estimate of drug-likeness (QED) is 0.894. The first-order valence-electron chi connectivity index (χ1n) is 7.59. The van der Waals surface area contributed by atoms with E-state index < -0.39 is 10.2 Å². The van der Waals surface area contributed by atoms with Crippen molar-refractivity contribution in [2.24, 2.45) is 0 Å². The van der Waals surface area contributed by atoms with E-state index in [0.29, 0.717) is 13.1 Å². The van der Waals surface area contributed by atoms with Gasteiger partial charge in [0.1, 0.15) is 11.9 Å². The maximum Gasteiger partial charge on any atom is 0.279 e. The molecule has 22 heavy (non-hydrogen) atoms. The van der Waals surface area contributed by atoms with Gasteiger partial charge < -0.3 is 9.47 Å². The third-order valence-corrected chi connectivity index (χ3v) is 5.44. The highest BCUT2D eigenvalue weighted by molar-refractivity contribution is 7.87. The number of hydrogen-bond donors (Lipinski definition) is 1. The predicted molar refractivity (Wildman–Crippen MR) is 83.1 cm³/mol. The van der Waals surface area contributed by atoms with Gasteiger partial charge in [0.15, 0.2) is 0 Å². The van der Waals surface area contributed by atoms with Crippen molar-refractivity contribution in [3.8, 4) is 5.75 Å². The van der Waals surface area contributed by atoms with Crippen LogP contribution in [0.3, 0.4) is 0 Å². The van der Waals surface area contributed by atoms with Crippen LogP contribution in [0.2, 0.25) is 0 Å². The molecule has 0 amide bonds. The van der Waals surface area contributed by atoms with Gasteiger partial charge in [0, 0.05) is 26.1 Å². The molecule has 0 unspecified atom stereocenters. The summed E-state index contributed by atoms with van der Waals surface area (Å²) in [4.78, 5) is 0. The van der Waals surface area contributed by atoms with Crippen molar-refractivity contribution in [1.29, 1.82) is 0 Å². The Kier molecular flexibility index (Phi) is 4.40. The predicted octanol–water partition coefficient (Wildman–Crippen LogP) is 0.934. The van der Waals surface area contributed by atoms with Gasteiger partial charge in [0.05, 0.1) is 12.2 Å². The number of nitrogens with one attached hydrogen (secondary N) is 1. The summed E-state index contributed by atoms with van der Waals surface area (Å²) in [7, 11) is -3.50. The van der Waals surface area contributed by atoms with Crippen LogP contribution in [0.4, 0.5) is 0 Å². The summed E-state index contributed by atoms with van der Waals surface area (Å²) in [5, 5.41) is 0. The smallest absolute Gasteiger partial charge is 0.279 e. The standard InChI is InChI=1S/C15H22N2O4S/c1-11-9-17(10-12(2)20-11)22(18,19)16-8-14-7-13-5-3-4-6-15(13)21-14/h3-6,11-12,14,16H,7-10H2,1-2H3/t11-,12-,14-/m1/s1. The summed E-state index contributed by atoms with van der Waals surface area (Å²) < 4.78 is 40.3. The molecule has 0 saturated carbocycles. The lowest BCUT2D eigenvalue weighted by atomic mass is 10.1. The maximum atomic E-state index is 12.4. The summed E-state index contributed by atoms with van der Waals surface area (Å²) in [5.74, 6) is 0.848. The maximum absolute atomic E-state index is 12.4. The number of morpholine rings is 1. The second kappa shape index (κ2) is 6.16. The Hall–Kier alpha value is -1.15. The fourth-order valence-electron chi connectivity index (χ4n) is 2.98. The van der Waals surface area contributed by atoms with Crippen molar-refractivity contribution in [3.05, 3.63) is 29.8 Å². The molecule has 2 aliphatic heterocycles. The third-order valence-electron chi connectivity index (χ3n) is 3.93. The number of rotatable bonds is 4. The number of hydrogen-bond acceptors (Lipinski definition) is 4. The number of para-hydroxylation sites is 1. The third kappa shape index (κ3) is 3.43. The van der Waals surface area contributed by atoms with Gasteiger partial charge in [-0.05, 0) is 25.5 Å². The second-order valence-electron chi connectivity index (χ2n) is 5.98. The van der Waals surface area contributed by atoms with Gasteiger partial charge >= 0.3 is 0 Å². The summed E-state index contributed by atoms with van der Waals surface area (Å²) in [6.45, 7) is 4.80. The van der Waals surface area contributed by atoms with Crippen molar-refractivity contribution >= 4 is 10.2 Å². The number of fused-ring (bicyclic) bond motifs is 1. The first kappa shape index (κ1) is 15.7. The zero-order valence-electron chi connectivity index (χ0n) is 12.9. The van der Waals surface area contributed by atoms with Crippen LogP contribution in [0.25, 0.3) is 0 Å². The van der Waals surface area contributed by atoms with E-state index in [0.717, 1.165) is 17.7 Å². The Morgan fingerprint density at radius 1 is 1.23 bits per heavy atom. The van der Waals surface area contributed by atoms with Crippen LogP contribution >= 0.6 is 0 Å². The molecule has 3 atom stereocenters. The molecule has 0 spiro atoms. The number of ether oxygens (including phenoxy) is 2. The first-order valence-corrected chi connectivity index (χ1v) is 9.03. The van der Waals surface area contributed by atoms with Crippen molar-refractivity contribution in [3.63, 3.8) is 0 Å². The second-order valence-corrected chi connectivity index (χ2v) is 7.73. The fourth-order valence-corrected chi connectivity index (χ4v) is 4.38. The van der Waals surface area contributed by atoms with Gasteiger partial charge in [-0.2, -0.15) is 17.4 Å². The van der Waals surface area contributed by atoms with Crippen LogP contribution < -0.4 is 9.46 Å². The van der Waals surface area contributed by atoms with Crippen molar-refractivity contribution in [2.75, 3.05) is 19.6 Å². The van der Waals surface area contributed by atoms with Gasteiger partial charge in [0.2, 0.25) is 0 Å². The molecular formula is C15H22N2O4S. The van der Waals surface area contributed by atoms with Gasteiger partial charge in [-0.15, -0.1) is 0 Å². The topological polar surface area (TPSA) is 67.9 Å². The molecule has 1 aromatic rings. The van der Waals surface area contributed by atoms with E-state index in [2.05, 4.69) is 4.72 Å². The molecule has 6 nitrogen and oxygen atoms in total. The molecule has 2 aliphatic rings. The Labute approximate surface area is 131 Å². The molecule has 0 aromatic heterocycles. The van der Waals surface area contributed by atoms with E-state index in [1.54, 1.807) is 0 Å². The van der Waals surface area contributed by atoms with Crippen molar-refractivity contribution in [2.45, 2.75) is 38.6 Å². The minimum Gasteiger partial charge on any atom is -0.488 e. The van der Waals surface area contributed by atoms with Crippen LogP contribution in [0.5, 0.6) is 5.75 Å². The lowest BCUT2D eigenvalue weighted by Gasteiger charge is -2.34. The molecular weight excluding hydrogens is 304 g/mol. The Balaban J connectivity index is 1.57. The lowest BCUT2D eigenvalue weighted by molar-refractivity contribution is -0.0444. The van der Waals surface area contributed by atoms with Crippen LogP contribution in [-0.2, 0) is 21.4 Å². The molecule has 0 bridgehead atoms. The number of nitrogens with zero attached hydrogens (tertiary/aromatic N) is 1. The monoisotopic (exact) mass is 326 g/mol. The van der Waals surface area contributed by atoms with Crippen LogP contribution in [-0.4, -0.2) is 50.7 Å². The van der Waals surface area contributed by atoms with E-state index >= 15 is 0 Å². The van der Waals surface area contributed by atoms with Crippen LogP contribution in [0.15, 0.2) is 24.3 Å². The average molecular weight is 326 g/mol. The Morgan fingerprint density at radius 3 is 2.59 bits per heavy atom. The molecule has 1 saturated heterocycles. The first-order chi connectivity index (χ1) is 10.4. The highest BCUT2D eigenvalue weighted by Crippen LogP contribution is 2.27. The zero-order chi connectivity index (χ0) is 15.7. The summed E-state index contributed by atoms with van der Waals surface area (Å²) in [5.41, 5.74) is 1.13. The van der Waals surface area contributed by atoms with E-state index in [1.807, 2.05) is 38.1 Å². The molecule has 0 aliphatic carbocycles. The van der Waals surface area contributed by atoms with Gasteiger partial charge in [-0.1, -0.05) is 18.2 Å². The SMILES string of the molecule is C[C@@H]1CN(S(=O)(=O)NC[C@H]2Cc3ccccc3O2)C[C@@H](C)O1. The van der Waals surface area contributed by atoms with E-state index in [9.17, 15) is 8.42 Å². The normalized spacial score (nSPS) is 29.1. The van der Waals surface area contributed by atoms with E-state index in [4.69, 9.17) is 9.47 Å². The minimum absolute atomic E-state index is 0.0905. The molecule has 0 radical (unpaired) electrons. The van der Waals surface area contributed by atoms with E-state index in [1.165, 1.54) is 4.31 Å². The summed E-state index contributed by atoms with van der Waals surface area (Å²) in [6, 6.07) is 7.80. The highest BCUT2D eigenvalue weighted by Gasteiger charge is 2.32. The molecule has 1 N–H and O–H groups in total. The highest BCUT2D eigenvalue weighted by atomic mass is 32.2. The van der Waals surface area contributed by atoms with E-state index in [-0.39, 0.29) is 24.9 Å². The van der Waals surface area contributed by atoms with Gasteiger partial charge in [-0.3, -0.25) is 0 Å². The van der Waals surface area contributed by atoms with Gasteiger partial charge in [0.25, 0.3) is 10.2 Å². The summed E-state index contributed by atoms with van der Waals surface area (Å²) >= 11 is 0. The fraction of sp³-hybridized carbons (Fsp3) is 0.600. The van der Waals surface area contributed by atoms with Crippen LogP contribution in [0, 0.1) is 0 Å². The molecule has 1 aromatic carbocycles. The summed E-state index contributed by atoms with van der Waals surface area (Å²) in [6.07, 6.45) is 0.400.